The highest BCUT2D eigenvalue weighted by molar-refractivity contribution is 8.00. The summed E-state index contributed by atoms with van der Waals surface area (Å²) in [5, 5.41) is 6.01. The van der Waals surface area contributed by atoms with Gasteiger partial charge in [-0.25, -0.2) is 0 Å². The van der Waals surface area contributed by atoms with Crippen LogP contribution in [-0.2, 0) is 6.42 Å². The molecule has 0 bridgehead atoms. The van der Waals surface area contributed by atoms with Crippen molar-refractivity contribution in [1.29, 1.82) is 0 Å². The first-order valence-electron chi connectivity index (χ1n) is 18.0. The second kappa shape index (κ2) is 12.7. The van der Waals surface area contributed by atoms with Gasteiger partial charge in [0.1, 0.15) is 0 Å². The lowest BCUT2D eigenvalue weighted by Gasteiger charge is -2.45. The minimum absolute atomic E-state index is 0.884. The van der Waals surface area contributed by atoms with Crippen LogP contribution in [0.4, 0.5) is 17.1 Å². The summed E-state index contributed by atoms with van der Waals surface area (Å²) in [6, 6.07) is 74.4. The highest BCUT2D eigenvalue weighted by Crippen LogP contribution is 2.42. The summed E-state index contributed by atoms with van der Waals surface area (Å²) in [7, 11) is -2.69. The van der Waals surface area contributed by atoms with Crippen molar-refractivity contribution in [2.75, 3.05) is 4.90 Å². The molecule has 0 saturated heterocycles. The minimum atomic E-state index is -2.69. The van der Waals surface area contributed by atoms with Gasteiger partial charge in [0.05, 0.1) is 0 Å². The summed E-state index contributed by atoms with van der Waals surface area (Å²) in [5.41, 5.74) is 11.3. The van der Waals surface area contributed by atoms with Crippen molar-refractivity contribution in [3.05, 3.63) is 211 Å². The van der Waals surface area contributed by atoms with Crippen molar-refractivity contribution in [2.24, 2.45) is 0 Å². The smallest absolute Gasteiger partial charge is 0.182 e. The number of nitrogens with zero attached hydrogens (tertiary/aromatic N) is 1. The molecule has 0 fully saturated rings. The molecule has 0 aliphatic carbocycles. The largest absolute Gasteiger partial charge is 0.310 e. The summed E-state index contributed by atoms with van der Waals surface area (Å²) in [4.78, 5) is 5.25. The van der Waals surface area contributed by atoms with Gasteiger partial charge in [-0.05, 0) is 103 Å². The van der Waals surface area contributed by atoms with Gasteiger partial charge in [0, 0.05) is 26.9 Å². The monoisotopic (exact) mass is 697 g/mol. The predicted molar refractivity (Wildman–Crippen MR) is 223 cm³/mol. The molecule has 52 heavy (non-hydrogen) atoms. The van der Waals surface area contributed by atoms with E-state index in [1.54, 1.807) is 0 Å². The zero-order valence-corrected chi connectivity index (χ0v) is 30.4. The Morgan fingerprint density at radius 1 is 0.365 bits per heavy atom. The molecule has 0 N–H and O–H groups in total. The lowest BCUT2D eigenvalue weighted by Crippen LogP contribution is -2.79. The van der Waals surface area contributed by atoms with Gasteiger partial charge in [-0.3, -0.25) is 0 Å². The highest BCUT2D eigenvalue weighted by Gasteiger charge is 2.51. The number of hydrogen-bond donors (Lipinski definition) is 0. The summed E-state index contributed by atoms with van der Waals surface area (Å²) < 4.78 is 0. The average molecular weight is 698 g/mol. The summed E-state index contributed by atoms with van der Waals surface area (Å²) in [6.45, 7) is 0. The standard InChI is InChI=1S/C49H35NSSi/c1-3-14-35(15-4-1)37-26-30-40(31-27-37)50(41-32-28-38(29-33-41)36-16-5-2-6-17-36)43-19-13-25-47-42(43)34-39-18-7-10-22-46(39)52(47)48-23-11-8-20-44(48)51-45-21-9-12-24-49(45)52/h1-33H,34H2. The molecule has 0 atom stereocenters. The van der Waals surface area contributed by atoms with Crippen LogP contribution in [0.1, 0.15) is 11.1 Å². The highest BCUT2D eigenvalue weighted by atomic mass is 32.2. The van der Waals surface area contributed by atoms with Gasteiger partial charge in [-0.15, -0.1) is 0 Å². The van der Waals surface area contributed by atoms with Gasteiger partial charge in [0.15, 0.2) is 8.07 Å². The van der Waals surface area contributed by atoms with Crippen LogP contribution in [-0.4, -0.2) is 8.07 Å². The molecule has 0 radical (unpaired) electrons. The fraction of sp³-hybridized carbons (Fsp3) is 0.0204. The van der Waals surface area contributed by atoms with Crippen LogP contribution >= 0.6 is 11.8 Å². The SMILES string of the molecule is c1ccc(-c2ccc(N(c3ccc(-c4ccccc4)cc3)c3cccc4c3Cc3ccccc3[Si]43c4ccccc4Sc4ccccc43)cc2)cc1. The molecule has 8 aromatic carbocycles. The third kappa shape index (κ3) is 4.92. The van der Waals surface area contributed by atoms with Crippen LogP contribution in [0, 0.1) is 0 Å². The molecule has 10 rings (SSSR count). The quantitative estimate of drug-likeness (QED) is 0.165. The van der Waals surface area contributed by atoms with E-state index in [0.717, 1.165) is 17.8 Å². The summed E-state index contributed by atoms with van der Waals surface area (Å²) in [6.07, 6.45) is 0.884. The van der Waals surface area contributed by atoms with Crippen molar-refractivity contribution in [1.82, 2.24) is 0 Å². The van der Waals surface area contributed by atoms with Crippen molar-refractivity contribution < 1.29 is 0 Å². The number of hydrogen-bond acceptors (Lipinski definition) is 2. The van der Waals surface area contributed by atoms with Crippen molar-refractivity contribution in [2.45, 2.75) is 16.2 Å². The first kappa shape index (κ1) is 30.9. The molecule has 0 saturated carbocycles. The van der Waals surface area contributed by atoms with Crippen molar-refractivity contribution in [3.63, 3.8) is 0 Å². The lowest BCUT2D eigenvalue weighted by molar-refractivity contribution is 1.16. The maximum atomic E-state index is 2.49. The molecule has 1 nitrogen and oxygen atoms in total. The van der Waals surface area contributed by atoms with Gasteiger partial charge in [0.25, 0.3) is 0 Å². The summed E-state index contributed by atoms with van der Waals surface area (Å²) in [5.74, 6) is 0. The van der Waals surface area contributed by atoms with E-state index in [1.807, 2.05) is 11.8 Å². The molecule has 2 aliphatic heterocycles. The Morgan fingerprint density at radius 2 is 0.808 bits per heavy atom. The van der Waals surface area contributed by atoms with E-state index in [-0.39, 0.29) is 0 Å². The first-order chi connectivity index (χ1) is 25.8. The molecule has 0 aromatic heterocycles. The zero-order chi connectivity index (χ0) is 34.5. The third-order valence-electron chi connectivity index (χ3n) is 10.9. The summed E-state index contributed by atoms with van der Waals surface area (Å²) >= 11 is 1.93. The molecular formula is C49H35NSSi. The van der Waals surface area contributed by atoms with Crippen LogP contribution in [0.2, 0.25) is 0 Å². The molecular weight excluding hydrogens is 663 g/mol. The van der Waals surface area contributed by atoms with Crippen molar-refractivity contribution in [3.8, 4) is 22.3 Å². The van der Waals surface area contributed by atoms with Gasteiger partial charge < -0.3 is 4.90 Å². The van der Waals surface area contributed by atoms with Crippen LogP contribution in [0.5, 0.6) is 0 Å². The minimum Gasteiger partial charge on any atom is -0.310 e. The van der Waals surface area contributed by atoms with Crippen LogP contribution in [0.3, 0.4) is 0 Å². The second-order valence-corrected chi connectivity index (χ2v) is 18.4. The Balaban J connectivity index is 1.22. The Bertz CT molecular complexity index is 2420. The Kier molecular flexibility index (Phi) is 7.56. The normalized spacial score (nSPS) is 13.4. The van der Waals surface area contributed by atoms with E-state index in [1.165, 1.54) is 69.6 Å². The fourth-order valence-electron chi connectivity index (χ4n) is 8.57. The topological polar surface area (TPSA) is 3.24 Å². The van der Waals surface area contributed by atoms with Crippen molar-refractivity contribution >= 4 is 57.6 Å². The molecule has 246 valence electrons. The van der Waals surface area contributed by atoms with Crippen LogP contribution < -0.4 is 25.6 Å². The van der Waals surface area contributed by atoms with Crippen LogP contribution in [0.15, 0.2) is 210 Å². The van der Waals surface area contributed by atoms with E-state index >= 15 is 0 Å². The number of benzene rings is 8. The average Bonchev–Trinajstić information content (AvgIpc) is 3.22. The molecule has 3 heteroatoms. The van der Waals surface area contributed by atoms with E-state index < -0.39 is 8.07 Å². The van der Waals surface area contributed by atoms with E-state index in [2.05, 4.69) is 205 Å². The maximum absolute atomic E-state index is 2.69. The molecule has 0 amide bonds. The molecule has 2 heterocycles. The van der Waals surface area contributed by atoms with Gasteiger partial charge in [-0.1, -0.05) is 169 Å². The molecule has 8 aromatic rings. The molecule has 1 spiro atoms. The van der Waals surface area contributed by atoms with Gasteiger partial charge in [0.2, 0.25) is 0 Å². The maximum Gasteiger partial charge on any atom is 0.182 e. The van der Waals surface area contributed by atoms with E-state index in [9.17, 15) is 0 Å². The lowest BCUT2D eigenvalue weighted by atomic mass is 9.99. The molecule has 0 unspecified atom stereocenters. The molecule has 2 aliphatic rings. The van der Waals surface area contributed by atoms with E-state index in [4.69, 9.17) is 0 Å². The number of rotatable bonds is 5. The third-order valence-corrected chi connectivity index (χ3v) is 17.4. The Labute approximate surface area is 310 Å². The van der Waals surface area contributed by atoms with Gasteiger partial charge >= 0.3 is 0 Å². The van der Waals surface area contributed by atoms with Crippen LogP contribution in [0.25, 0.3) is 22.3 Å². The number of fused-ring (bicyclic) bond motifs is 8. The van der Waals surface area contributed by atoms with E-state index in [0.29, 0.717) is 0 Å². The Morgan fingerprint density at radius 3 is 1.37 bits per heavy atom. The second-order valence-electron chi connectivity index (χ2n) is 13.6. The fourth-order valence-corrected chi connectivity index (χ4v) is 16.0. The Hall–Kier alpha value is -5.87. The predicted octanol–water partition coefficient (Wildman–Crippen LogP) is 10.2. The van der Waals surface area contributed by atoms with Gasteiger partial charge in [-0.2, -0.15) is 0 Å². The zero-order valence-electron chi connectivity index (χ0n) is 28.6. The number of anilines is 3. The first-order valence-corrected chi connectivity index (χ1v) is 20.8.